The number of amides is 2. The van der Waals surface area contributed by atoms with E-state index in [1.807, 2.05) is 0 Å². The second kappa shape index (κ2) is 9.48. The number of benzene rings is 1. The highest BCUT2D eigenvalue weighted by molar-refractivity contribution is 5.78. The van der Waals surface area contributed by atoms with Gasteiger partial charge in [-0.3, -0.25) is 19.4 Å². The lowest BCUT2D eigenvalue weighted by molar-refractivity contribution is -0.130. The van der Waals surface area contributed by atoms with Crippen LogP contribution in [0.4, 0.5) is 4.39 Å². The van der Waals surface area contributed by atoms with E-state index in [-0.39, 0.29) is 24.2 Å². The van der Waals surface area contributed by atoms with Gasteiger partial charge in [0.25, 0.3) is 0 Å². The van der Waals surface area contributed by atoms with Crippen molar-refractivity contribution >= 4 is 11.8 Å². The number of carbonyl (C=O) groups is 2. The summed E-state index contributed by atoms with van der Waals surface area (Å²) in [4.78, 5) is 29.7. The van der Waals surface area contributed by atoms with Gasteiger partial charge in [0.1, 0.15) is 5.82 Å². The molecule has 2 rings (SSSR count). The molecule has 0 saturated carbocycles. The number of likely N-dealkylation sites (N-methyl/N-ethyl adjacent to an activating group) is 1. The Morgan fingerprint density at radius 2 is 1.72 bits per heavy atom. The summed E-state index contributed by atoms with van der Waals surface area (Å²) < 4.78 is 13.6. The minimum absolute atomic E-state index is 0.0936. The van der Waals surface area contributed by atoms with Crippen molar-refractivity contribution in [3.05, 3.63) is 35.6 Å². The van der Waals surface area contributed by atoms with Gasteiger partial charge in [-0.1, -0.05) is 18.2 Å². The molecular formula is C18H27FN4O2. The second-order valence-corrected chi connectivity index (χ2v) is 6.56. The van der Waals surface area contributed by atoms with Crippen LogP contribution in [-0.4, -0.2) is 79.9 Å². The van der Waals surface area contributed by atoms with Gasteiger partial charge in [-0.05, 0) is 25.6 Å². The van der Waals surface area contributed by atoms with E-state index >= 15 is 0 Å². The van der Waals surface area contributed by atoms with Crippen LogP contribution in [-0.2, 0) is 16.1 Å². The Balaban J connectivity index is 1.74. The third-order valence-corrected chi connectivity index (χ3v) is 4.34. The smallest absolute Gasteiger partial charge is 0.236 e. The van der Waals surface area contributed by atoms with Crippen molar-refractivity contribution < 1.29 is 14.0 Å². The van der Waals surface area contributed by atoms with E-state index in [2.05, 4.69) is 15.1 Å². The Hall–Kier alpha value is -1.99. The van der Waals surface area contributed by atoms with E-state index < -0.39 is 0 Å². The molecule has 1 aliphatic heterocycles. The summed E-state index contributed by atoms with van der Waals surface area (Å²) in [7, 11) is 3.51. The number of carbonyl (C=O) groups excluding carboxylic acids is 2. The Morgan fingerprint density at radius 1 is 1.08 bits per heavy atom. The van der Waals surface area contributed by atoms with Gasteiger partial charge < -0.3 is 10.2 Å². The summed E-state index contributed by atoms with van der Waals surface area (Å²) >= 11 is 0. The van der Waals surface area contributed by atoms with Crippen molar-refractivity contribution in [2.45, 2.75) is 13.0 Å². The van der Waals surface area contributed by atoms with Crippen molar-refractivity contribution in [2.75, 3.05) is 53.4 Å². The molecule has 1 fully saturated rings. The van der Waals surface area contributed by atoms with Crippen LogP contribution in [0.15, 0.2) is 24.3 Å². The van der Waals surface area contributed by atoms with E-state index in [0.717, 1.165) is 32.6 Å². The van der Waals surface area contributed by atoms with Crippen LogP contribution in [0.2, 0.25) is 0 Å². The largest absolute Gasteiger partial charge is 0.351 e. The molecule has 7 heteroatoms. The minimum atomic E-state index is -0.307. The first-order chi connectivity index (χ1) is 12.0. The minimum Gasteiger partial charge on any atom is -0.351 e. The molecule has 1 N–H and O–H groups in total. The molecule has 1 aromatic rings. The fraction of sp³-hybridized carbons (Fsp3) is 0.556. The molecule has 0 spiro atoms. The lowest BCUT2D eigenvalue weighted by atomic mass is 10.2. The van der Waals surface area contributed by atoms with Crippen molar-refractivity contribution in [3.8, 4) is 0 Å². The molecule has 1 heterocycles. The molecule has 1 aliphatic rings. The quantitative estimate of drug-likeness (QED) is 0.814. The second-order valence-electron chi connectivity index (χ2n) is 6.56. The normalized spacial score (nSPS) is 16.3. The Kier molecular flexibility index (Phi) is 7.33. The van der Waals surface area contributed by atoms with E-state index in [9.17, 15) is 14.0 Å². The van der Waals surface area contributed by atoms with Gasteiger partial charge in [-0.25, -0.2) is 4.39 Å². The SMILES string of the molecule is CN(C)C(=O)CN1CCCN(CC(=O)NCc2ccccc2F)CC1. The van der Waals surface area contributed by atoms with Gasteiger partial charge in [-0.2, -0.15) is 0 Å². The van der Waals surface area contributed by atoms with Crippen LogP contribution in [0.3, 0.4) is 0 Å². The molecule has 0 radical (unpaired) electrons. The maximum Gasteiger partial charge on any atom is 0.236 e. The fourth-order valence-corrected chi connectivity index (χ4v) is 2.77. The number of nitrogens with one attached hydrogen (secondary N) is 1. The van der Waals surface area contributed by atoms with E-state index in [4.69, 9.17) is 0 Å². The Labute approximate surface area is 148 Å². The predicted octanol–water partition coefficient (Wildman–Crippen LogP) is 0.538. The number of rotatable bonds is 6. The summed E-state index contributed by atoms with van der Waals surface area (Å²) in [6.07, 6.45) is 0.918. The van der Waals surface area contributed by atoms with Gasteiger partial charge in [0.2, 0.25) is 11.8 Å². The van der Waals surface area contributed by atoms with E-state index in [1.165, 1.54) is 6.07 Å². The van der Waals surface area contributed by atoms with Gasteiger partial charge in [0.15, 0.2) is 0 Å². The molecule has 2 amide bonds. The first kappa shape index (κ1) is 19.3. The van der Waals surface area contributed by atoms with Crippen LogP contribution < -0.4 is 5.32 Å². The standard InChI is InChI=1S/C18H27FN4O2/c1-21(2)18(25)14-23-9-5-8-22(10-11-23)13-17(24)20-12-15-6-3-4-7-16(15)19/h3-4,6-7H,5,8-14H2,1-2H3,(H,20,24). The van der Waals surface area contributed by atoms with E-state index in [0.29, 0.717) is 18.7 Å². The summed E-state index contributed by atoms with van der Waals surface area (Å²) in [6.45, 7) is 4.09. The highest BCUT2D eigenvalue weighted by atomic mass is 19.1. The predicted molar refractivity (Wildman–Crippen MR) is 94.4 cm³/mol. The zero-order chi connectivity index (χ0) is 18.2. The molecule has 1 saturated heterocycles. The third-order valence-electron chi connectivity index (χ3n) is 4.34. The molecule has 6 nitrogen and oxygen atoms in total. The first-order valence-corrected chi connectivity index (χ1v) is 8.60. The molecule has 0 bridgehead atoms. The van der Waals surface area contributed by atoms with Crippen LogP contribution in [0.25, 0.3) is 0 Å². The molecule has 1 aromatic carbocycles. The molecule has 25 heavy (non-hydrogen) atoms. The summed E-state index contributed by atoms with van der Waals surface area (Å²) in [6, 6.07) is 6.44. The van der Waals surface area contributed by atoms with Crippen molar-refractivity contribution in [2.24, 2.45) is 0 Å². The monoisotopic (exact) mass is 350 g/mol. The van der Waals surface area contributed by atoms with Crippen LogP contribution in [0.1, 0.15) is 12.0 Å². The summed E-state index contributed by atoms with van der Waals surface area (Å²) in [5.74, 6) is -0.323. The van der Waals surface area contributed by atoms with Gasteiger partial charge in [0, 0.05) is 39.3 Å². The highest BCUT2D eigenvalue weighted by Crippen LogP contribution is 2.06. The Bertz CT molecular complexity index is 594. The summed E-state index contributed by atoms with van der Waals surface area (Å²) in [5.41, 5.74) is 0.486. The van der Waals surface area contributed by atoms with Crippen molar-refractivity contribution in [3.63, 3.8) is 0 Å². The molecule has 138 valence electrons. The number of hydrogen-bond acceptors (Lipinski definition) is 4. The zero-order valence-corrected chi connectivity index (χ0v) is 15.0. The van der Waals surface area contributed by atoms with Gasteiger partial charge in [0.05, 0.1) is 13.1 Å². The van der Waals surface area contributed by atoms with Crippen LogP contribution >= 0.6 is 0 Å². The van der Waals surface area contributed by atoms with Crippen molar-refractivity contribution in [1.82, 2.24) is 20.0 Å². The molecule has 0 aliphatic carbocycles. The van der Waals surface area contributed by atoms with Crippen LogP contribution in [0.5, 0.6) is 0 Å². The maximum absolute atomic E-state index is 13.6. The maximum atomic E-state index is 13.6. The summed E-state index contributed by atoms with van der Waals surface area (Å²) in [5, 5.41) is 2.77. The van der Waals surface area contributed by atoms with Crippen LogP contribution in [0, 0.1) is 5.82 Å². The average Bonchev–Trinajstić information content (AvgIpc) is 2.79. The number of nitrogens with zero attached hydrogens (tertiary/aromatic N) is 3. The topological polar surface area (TPSA) is 55.9 Å². The first-order valence-electron chi connectivity index (χ1n) is 8.60. The zero-order valence-electron chi connectivity index (χ0n) is 15.0. The van der Waals surface area contributed by atoms with E-state index in [1.54, 1.807) is 37.2 Å². The molecule has 0 atom stereocenters. The third kappa shape index (κ3) is 6.43. The lowest BCUT2D eigenvalue weighted by Gasteiger charge is -2.22. The average molecular weight is 350 g/mol. The molecular weight excluding hydrogens is 323 g/mol. The number of halogens is 1. The van der Waals surface area contributed by atoms with Gasteiger partial charge in [-0.15, -0.1) is 0 Å². The Morgan fingerprint density at radius 3 is 2.36 bits per heavy atom. The number of hydrogen-bond donors (Lipinski definition) is 1. The fourth-order valence-electron chi connectivity index (χ4n) is 2.77. The van der Waals surface area contributed by atoms with Crippen molar-refractivity contribution in [1.29, 1.82) is 0 Å². The molecule has 0 aromatic heterocycles. The van der Waals surface area contributed by atoms with Gasteiger partial charge >= 0.3 is 0 Å². The lowest BCUT2D eigenvalue weighted by Crippen LogP contribution is -2.41. The highest BCUT2D eigenvalue weighted by Gasteiger charge is 2.19. The molecule has 0 unspecified atom stereocenters.